The van der Waals surface area contributed by atoms with E-state index in [2.05, 4.69) is 10.4 Å². The van der Waals surface area contributed by atoms with Gasteiger partial charge in [-0.05, 0) is 0 Å². The molecule has 150 valence electrons. The molecule has 0 aromatic heterocycles. The first-order chi connectivity index (χ1) is 13.3. The summed E-state index contributed by atoms with van der Waals surface area (Å²) in [4.78, 5) is 35.5. The zero-order chi connectivity index (χ0) is 20.8. The number of nitrogens with zero attached hydrogens (tertiary/aromatic N) is 2. The van der Waals surface area contributed by atoms with Gasteiger partial charge in [0.25, 0.3) is 17.7 Å². The van der Waals surface area contributed by atoms with Crippen LogP contribution in [-0.4, -0.2) is 47.2 Å². The normalized spacial score (nSPS) is 13.4. The van der Waals surface area contributed by atoms with Crippen LogP contribution < -0.4 is 5.32 Å². The molecule has 2 N–H and O–H groups in total. The molecular formula is C15H12F4N4O3S2. The average Bonchev–Trinajstić information content (AvgIpc) is 2.98. The van der Waals surface area contributed by atoms with Gasteiger partial charge in [0, 0.05) is 36.7 Å². The number of carbonyl (C=O) groups excluding carboxylic acids is 3. The van der Waals surface area contributed by atoms with Gasteiger partial charge in [0.2, 0.25) is 0 Å². The lowest BCUT2D eigenvalue weighted by Gasteiger charge is -2.12. The quantitative estimate of drug-likeness (QED) is 0.155. The molecule has 1 aromatic rings. The highest BCUT2D eigenvalue weighted by Crippen LogP contribution is 2.30. The highest BCUT2D eigenvalue weighted by molar-refractivity contribution is 8.76. The fourth-order valence-corrected chi connectivity index (χ4v) is 3.97. The number of rotatable bonds is 9. The second-order valence-electron chi connectivity index (χ2n) is 5.15. The largest absolute Gasteiger partial charge is 0.351 e. The molecule has 3 amide bonds. The van der Waals surface area contributed by atoms with Crippen molar-refractivity contribution < 1.29 is 31.9 Å². The number of halogens is 4. The van der Waals surface area contributed by atoms with Crippen LogP contribution in [-0.2, 0) is 9.59 Å². The molecule has 0 bridgehead atoms. The van der Waals surface area contributed by atoms with Crippen LogP contribution in [0.4, 0.5) is 23.2 Å². The minimum atomic E-state index is -1.93. The van der Waals surface area contributed by atoms with Crippen LogP contribution >= 0.6 is 21.6 Å². The Morgan fingerprint density at radius 3 is 2.07 bits per heavy atom. The first-order valence-corrected chi connectivity index (χ1v) is 10.1. The van der Waals surface area contributed by atoms with Crippen LogP contribution in [0.5, 0.6) is 0 Å². The van der Waals surface area contributed by atoms with Crippen LogP contribution in [0.3, 0.4) is 0 Å². The summed E-state index contributed by atoms with van der Waals surface area (Å²) in [5.41, 5.74) is 3.64. The third-order valence-corrected chi connectivity index (χ3v) is 5.82. The standard InChI is InChI=1S/C15H12F4N4O3S2/c16-10-9(11(17)13(19)14(22-20)12(10)18)15(26)21-3-5-27-28-6-4-23-7(24)1-2-8(23)25/h1-2,20H,3-6H2,(H,21,26). The van der Waals surface area contributed by atoms with Crippen LogP contribution in [0, 0.1) is 28.8 Å². The Morgan fingerprint density at radius 2 is 1.54 bits per heavy atom. The summed E-state index contributed by atoms with van der Waals surface area (Å²) < 4.78 is 54.6. The van der Waals surface area contributed by atoms with Crippen LogP contribution in [0.2, 0.25) is 0 Å². The van der Waals surface area contributed by atoms with Crippen molar-refractivity contribution in [2.45, 2.75) is 0 Å². The van der Waals surface area contributed by atoms with Gasteiger partial charge in [0.05, 0.1) is 0 Å². The van der Waals surface area contributed by atoms with Gasteiger partial charge in [-0.3, -0.25) is 19.3 Å². The lowest BCUT2D eigenvalue weighted by atomic mass is 10.1. The fraction of sp³-hybridized carbons (Fsp3) is 0.267. The van der Waals surface area contributed by atoms with Crippen molar-refractivity contribution >= 4 is 45.0 Å². The predicted molar refractivity (Wildman–Crippen MR) is 94.2 cm³/mol. The summed E-state index contributed by atoms with van der Waals surface area (Å²) in [6.45, 7) is 0.142. The molecular weight excluding hydrogens is 424 g/mol. The Hall–Kier alpha value is -2.41. The van der Waals surface area contributed by atoms with E-state index in [0.717, 1.165) is 4.90 Å². The van der Waals surface area contributed by atoms with Crippen molar-refractivity contribution in [3.05, 3.63) is 41.0 Å². The molecule has 0 saturated heterocycles. The van der Waals surface area contributed by atoms with Gasteiger partial charge >= 0.3 is 0 Å². The lowest BCUT2D eigenvalue weighted by Crippen LogP contribution is -2.31. The molecule has 0 atom stereocenters. The van der Waals surface area contributed by atoms with E-state index in [-0.39, 0.29) is 18.8 Å². The zero-order valence-electron chi connectivity index (χ0n) is 13.9. The van der Waals surface area contributed by atoms with Gasteiger partial charge in [-0.25, -0.2) is 23.1 Å². The van der Waals surface area contributed by atoms with Crippen molar-refractivity contribution in [2.24, 2.45) is 5.11 Å². The number of hydrogen-bond acceptors (Lipinski definition) is 7. The Labute approximate surface area is 163 Å². The van der Waals surface area contributed by atoms with Gasteiger partial charge in [-0.1, -0.05) is 21.6 Å². The van der Waals surface area contributed by atoms with Crippen molar-refractivity contribution in [2.75, 3.05) is 24.6 Å². The van der Waals surface area contributed by atoms with Crippen molar-refractivity contribution in [1.82, 2.24) is 10.2 Å². The molecule has 0 aliphatic carbocycles. The first kappa shape index (κ1) is 21.9. The van der Waals surface area contributed by atoms with Crippen molar-refractivity contribution in [1.29, 1.82) is 5.53 Å². The first-order valence-electron chi connectivity index (χ1n) is 7.59. The molecule has 13 heteroatoms. The number of imide groups is 1. The molecule has 1 aromatic carbocycles. The third-order valence-electron chi connectivity index (χ3n) is 3.43. The molecule has 0 spiro atoms. The van der Waals surface area contributed by atoms with E-state index >= 15 is 0 Å². The minimum absolute atomic E-state index is 0.0632. The molecule has 0 radical (unpaired) electrons. The number of nitrogens with one attached hydrogen (secondary N) is 2. The molecule has 0 fully saturated rings. The summed E-state index contributed by atoms with van der Waals surface area (Å²) >= 11 is 0. The Bertz CT molecular complexity index is 819. The van der Waals surface area contributed by atoms with Crippen LogP contribution in [0.25, 0.3) is 0 Å². The SMILES string of the molecule is N=Nc1c(F)c(F)c(C(=O)NCCSSCCN2C(=O)C=CC2=O)c(F)c1F. The van der Waals surface area contributed by atoms with E-state index in [4.69, 9.17) is 5.53 Å². The lowest BCUT2D eigenvalue weighted by molar-refractivity contribution is -0.136. The Morgan fingerprint density at radius 1 is 1.00 bits per heavy atom. The van der Waals surface area contributed by atoms with E-state index < -0.39 is 52.2 Å². The number of amides is 3. The van der Waals surface area contributed by atoms with Crippen molar-refractivity contribution in [3.8, 4) is 0 Å². The highest BCUT2D eigenvalue weighted by Gasteiger charge is 2.29. The molecule has 1 aliphatic rings. The molecule has 28 heavy (non-hydrogen) atoms. The number of hydrogen-bond donors (Lipinski definition) is 2. The van der Waals surface area contributed by atoms with E-state index in [0.29, 0.717) is 5.75 Å². The van der Waals surface area contributed by atoms with E-state index in [1.54, 1.807) is 0 Å². The van der Waals surface area contributed by atoms with Gasteiger partial charge < -0.3 is 5.32 Å². The summed E-state index contributed by atoms with van der Waals surface area (Å²) in [6, 6.07) is 0. The highest BCUT2D eigenvalue weighted by atomic mass is 33.1. The molecule has 0 saturated carbocycles. The zero-order valence-corrected chi connectivity index (χ0v) is 15.6. The second-order valence-corrected chi connectivity index (χ2v) is 7.85. The predicted octanol–water partition coefficient (Wildman–Crippen LogP) is 2.94. The van der Waals surface area contributed by atoms with Crippen LogP contribution in [0.1, 0.15) is 10.4 Å². The maximum Gasteiger partial charge on any atom is 0.257 e. The molecule has 0 unspecified atom stereocenters. The molecule has 1 heterocycles. The maximum atomic E-state index is 13.8. The summed E-state index contributed by atoms with van der Waals surface area (Å²) in [5.74, 6) is -9.15. The Balaban J connectivity index is 1.78. The van der Waals surface area contributed by atoms with E-state index in [1.807, 2.05) is 0 Å². The third kappa shape index (κ3) is 4.70. The molecule has 7 nitrogen and oxygen atoms in total. The van der Waals surface area contributed by atoms with Gasteiger partial charge in [-0.2, -0.15) is 5.11 Å². The van der Waals surface area contributed by atoms with Crippen LogP contribution in [0.15, 0.2) is 17.3 Å². The number of benzene rings is 1. The maximum absolute atomic E-state index is 13.8. The van der Waals surface area contributed by atoms with E-state index in [9.17, 15) is 31.9 Å². The Kier molecular flexibility index (Phi) is 7.57. The smallest absolute Gasteiger partial charge is 0.257 e. The van der Waals surface area contributed by atoms with Crippen molar-refractivity contribution in [3.63, 3.8) is 0 Å². The van der Waals surface area contributed by atoms with Gasteiger partial charge in [0.1, 0.15) is 5.56 Å². The van der Waals surface area contributed by atoms with E-state index in [1.165, 1.54) is 33.7 Å². The second kappa shape index (κ2) is 9.68. The monoisotopic (exact) mass is 436 g/mol. The summed E-state index contributed by atoms with van der Waals surface area (Å²) in [6.07, 6.45) is 2.34. The number of carbonyl (C=O) groups is 3. The van der Waals surface area contributed by atoms with Gasteiger partial charge in [0.15, 0.2) is 29.0 Å². The minimum Gasteiger partial charge on any atom is -0.351 e. The summed E-state index contributed by atoms with van der Waals surface area (Å²) in [5, 5.41) is 4.49. The fourth-order valence-electron chi connectivity index (χ4n) is 2.11. The van der Waals surface area contributed by atoms with Gasteiger partial charge in [-0.15, -0.1) is 0 Å². The topological polar surface area (TPSA) is 103 Å². The molecule has 1 aliphatic heterocycles. The molecule has 2 rings (SSSR count). The average molecular weight is 436 g/mol. The summed E-state index contributed by atoms with van der Waals surface area (Å²) in [7, 11) is 2.55.